The van der Waals surface area contributed by atoms with Crippen LogP contribution in [0.15, 0.2) is 39.7 Å². The standard InChI is InChI=1S/C15H15NO3/c1-3-16-14(17)7-5-11-9-19-13-6-4-10(2)8-12(13)15(11)18/h4-9H,3H2,1-2H3,(H,16,17)/b7-5+. The van der Waals surface area contributed by atoms with E-state index in [1.54, 1.807) is 12.1 Å². The molecule has 0 aliphatic rings. The average Bonchev–Trinajstić information content (AvgIpc) is 2.39. The molecule has 0 saturated heterocycles. The Bertz CT molecular complexity index is 698. The van der Waals surface area contributed by atoms with Gasteiger partial charge in [0.15, 0.2) is 5.43 Å². The molecular formula is C15H15NO3. The SMILES string of the molecule is CCNC(=O)/C=C/c1coc2ccc(C)cc2c1=O. The van der Waals surface area contributed by atoms with Crippen LogP contribution in [0.2, 0.25) is 0 Å². The summed E-state index contributed by atoms with van der Waals surface area (Å²) in [6.07, 6.45) is 4.17. The molecule has 0 fully saturated rings. The number of benzene rings is 1. The molecule has 0 aliphatic carbocycles. The van der Waals surface area contributed by atoms with Crippen LogP contribution in [-0.4, -0.2) is 12.5 Å². The molecule has 0 saturated carbocycles. The second-order valence-electron chi connectivity index (χ2n) is 4.25. The van der Waals surface area contributed by atoms with Crippen molar-refractivity contribution < 1.29 is 9.21 Å². The fourth-order valence-corrected chi connectivity index (χ4v) is 1.77. The molecule has 0 aliphatic heterocycles. The number of carbonyl (C=O) groups excluding carboxylic acids is 1. The van der Waals surface area contributed by atoms with Gasteiger partial charge in [-0.3, -0.25) is 9.59 Å². The molecule has 0 atom stereocenters. The number of fused-ring (bicyclic) bond motifs is 1. The summed E-state index contributed by atoms with van der Waals surface area (Å²) in [4.78, 5) is 23.5. The van der Waals surface area contributed by atoms with Crippen molar-refractivity contribution >= 4 is 23.0 Å². The van der Waals surface area contributed by atoms with Crippen LogP contribution in [0.4, 0.5) is 0 Å². The van der Waals surface area contributed by atoms with Gasteiger partial charge in [0.1, 0.15) is 11.8 Å². The van der Waals surface area contributed by atoms with Crippen LogP contribution in [0.3, 0.4) is 0 Å². The van der Waals surface area contributed by atoms with Crippen molar-refractivity contribution in [1.82, 2.24) is 5.32 Å². The van der Waals surface area contributed by atoms with E-state index in [1.807, 2.05) is 19.9 Å². The van der Waals surface area contributed by atoms with Crippen LogP contribution in [0, 0.1) is 6.92 Å². The highest BCUT2D eigenvalue weighted by molar-refractivity contribution is 5.92. The van der Waals surface area contributed by atoms with Crippen molar-refractivity contribution in [2.24, 2.45) is 0 Å². The first-order valence-electron chi connectivity index (χ1n) is 6.10. The molecule has 0 unspecified atom stereocenters. The van der Waals surface area contributed by atoms with Crippen LogP contribution >= 0.6 is 0 Å². The third-order valence-corrected chi connectivity index (χ3v) is 2.72. The van der Waals surface area contributed by atoms with E-state index < -0.39 is 0 Å². The number of nitrogens with one attached hydrogen (secondary N) is 1. The van der Waals surface area contributed by atoms with Crippen molar-refractivity contribution in [3.8, 4) is 0 Å². The van der Waals surface area contributed by atoms with E-state index >= 15 is 0 Å². The maximum Gasteiger partial charge on any atom is 0.243 e. The minimum atomic E-state index is -0.230. The predicted molar refractivity (Wildman–Crippen MR) is 74.9 cm³/mol. The van der Waals surface area contributed by atoms with E-state index in [1.165, 1.54) is 18.4 Å². The van der Waals surface area contributed by atoms with Crippen LogP contribution < -0.4 is 10.7 Å². The Morgan fingerprint density at radius 1 is 1.42 bits per heavy atom. The van der Waals surface area contributed by atoms with E-state index in [0.29, 0.717) is 23.1 Å². The fourth-order valence-electron chi connectivity index (χ4n) is 1.77. The Labute approximate surface area is 110 Å². The summed E-state index contributed by atoms with van der Waals surface area (Å²) in [5.41, 5.74) is 1.77. The summed E-state index contributed by atoms with van der Waals surface area (Å²) < 4.78 is 5.39. The van der Waals surface area contributed by atoms with Gasteiger partial charge in [-0.1, -0.05) is 11.6 Å². The first kappa shape index (κ1) is 13.1. The Morgan fingerprint density at radius 3 is 2.95 bits per heavy atom. The summed E-state index contributed by atoms with van der Waals surface area (Å²) in [6.45, 7) is 4.30. The summed E-state index contributed by atoms with van der Waals surface area (Å²) in [7, 11) is 0. The Kier molecular flexibility index (Phi) is 3.80. The third kappa shape index (κ3) is 2.91. The molecule has 0 spiro atoms. The summed E-state index contributed by atoms with van der Waals surface area (Å²) in [5, 5.41) is 3.15. The van der Waals surface area contributed by atoms with E-state index in [-0.39, 0.29) is 11.3 Å². The number of hydrogen-bond acceptors (Lipinski definition) is 3. The lowest BCUT2D eigenvalue weighted by Crippen LogP contribution is -2.19. The van der Waals surface area contributed by atoms with Gasteiger partial charge >= 0.3 is 0 Å². The van der Waals surface area contributed by atoms with Crippen LogP contribution in [0.1, 0.15) is 18.1 Å². The van der Waals surface area contributed by atoms with Crippen molar-refractivity contribution in [3.05, 3.63) is 51.9 Å². The molecule has 98 valence electrons. The van der Waals surface area contributed by atoms with Crippen LogP contribution in [0.25, 0.3) is 17.0 Å². The molecule has 1 aromatic carbocycles. The minimum Gasteiger partial charge on any atom is -0.463 e. The smallest absolute Gasteiger partial charge is 0.243 e. The third-order valence-electron chi connectivity index (χ3n) is 2.72. The molecular weight excluding hydrogens is 242 g/mol. The Morgan fingerprint density at radius 2 is 2.21 bits per heavy atom. The molecule has 0 radical (unpaired) electrons. The second-order valence-corrected chi connectivity index (χ2v) is 4.25. The maximum absolute atomic E-state index is 12.2. The molecule has 2 rings (SSSR count). The van der Waals surface area contributed by atoms with Gasteiger partial charge in [0.05, 0.1) is 10.9 Å². The van der Waals surface area contributed by atoms with Crippen LogP contribution in [-0.2, 0) is 4.79 Å². The fraction of sp³-hybridized carbons (Fsp3) is 0.200. The number of amides is 1. The average molecular weight is 257 g/mol. The second kappa shape index (κ2) is 5.52. The number of aryl methyl sites for hydroxylation is 1. The van der Waals surface area contributed by atoms with Crippen molar-refractivity contribution in [2.45, 2.75) is 13.8 Å². The number of hydrogen-bond donors (Lipinski definition) is 1. The van der Waals surface area contributed by atoms with E-state index in [2.05, 4.69) is 5.32 Å². The number of carbonyl (C=O) groups is 1. The van der Waals surface area contributed by atoms with E-state index in [4.69, 9.17) is 4.42 Å². The van der Waals surface area contributed by atoms with Crippen molar-refractivity contribution in [1.29, 1.82) is 0 Å². The molecule has 1 aromatic heterocycles. The normalized spacial score (nSPS) is 11.1. The number of rotatable bonds is 3. The molecule has 1 N–H and O–H groups in total. The zero-order valence-corrected chi connectivity index (χ0v) is 10.9. The molecule has 19 heavy (non-hydrogen) atoms. The predicted octanol–water partition coefficient (Wildman–Crippen LogP) is 2.25. The monoisotopic (exact) mass is 257 g/mol. The Hall–Kier alpha value is -2.36. The van der Waals surface area contributed by atoms with Crippen LogP contribution in [0.5, 0.6) is 0 Å². The summed E-state index contributed by atoms with van der Waals surface area (Å²) in [6, 6.07) is 5.43. The topological polar surface area (TPSA) is 59.3 Å². The molecule has 4 heteroatoms. The highest BCUT2D eigenvalue weighted by atomic mass is 16.3. The zero-order valence-electron chi connectivity index (χ0n) is 10.9. The molecule has 2 aromatic rings. The highest BCUT2D eigenvalue weighted by Gasteiger charge is 2.05. The summed E-state index contributed by atoms with van der Waals surface area (Å²) in [5.74, 6) is -0.230. The van der Waals surface area contributed by atoms with Gasteiger partial charge in [0, 0.05) is 12.6 Å². The zero-order chi connectivity index (χ0) is 13.8. The molecule has 0 bridgehead atoms. The number of likely N-dealkylation sites (N-methyl/N-ethyl adjacent to an activating group) is 1. The van der Waals surface area contributed by atoms with E-state index in [0.717, 1.165) is 5.56 Å². The first-order valence-corrected chi connectivity index (χ1v) is 6.10. The lowest BCUT2D eigenvalue weighted by molar-refractivity contribution is -0.116. The quantitative estimate of drug-likeness (QED) is 0.858. The Balaban J connectivity index is 2.43. The molecule has 1 heterocycles. The van der Waals surface area contributed by atoms with Gasteiger partial charge in [-0.15, -0.1) is 0 Å². The summed E-state index contributed by atoms with van der Waals surface area (Å²) >= 11 is 0. The van der Waals surface area contributed by atoms with E-state index in [9.17, 15) is 9.59 Å². The lowest BCUT2D eigenvalue weighted by Gasteiger charge is -2.00. The van der Waals surface area contributed by atoms with Crippen molar-refractivity contribution in [3.63, 3.8) is 0 Å². The van der Waals surface area contributed by atoms with Gasteiger partial charge in [-0.2, -0.15) is 0 Å². The van der Waals surface area contributed by atoms with Gasteiger partial charge in [0.25, 0.3) is 0 Å². The largest absolute Gasteiger partial charge is 0.463 e. The highest BCUT2D eigenvalue weighted by Crippen LogP contribution is 2.13. The molecule has 1 amide bonds. The van der Waals surface area contributed by atoms with Gasteiger partial charge in [0.2, 0.25) is 5.91 Å². The van der Waals surface area contributed by atoms with Gasteiger partial charge in [-0.05, 0) is 32.1 Å². The van der Waals surface area contributed by atoms with Gasteiger partial charge < -0.3 is 9.73 Å². The maximum atomic E-state index is 12.2. The lowest BCUT2D eigenvalue weighted by atomic mass is 10.1. The van der Waals surface area contributed by atoms with Crippen molar-refractivity contribution in [2.75, 3.05) is 6.54 Å². The van der Waals surface area contributed by atoms with Gasteiger partial charge in [-0.25, -0.2) is 0 Å². The molecule has 4 nitrogen and oxygen atoms in total. The first-order chi connectivity index (χ1) is 9.11. The minimum absolute atomic E-state index is 0.134.